The van der Waals surface area contributed by atoms with E-state index in [0.717, 1.165) is 16.9 Å². The lowest BCUT2D eigenvalue weighted by molar-refractivity contribution is -0.129. The summed E-state index contributed by atoms with van der Waals surface area (Å²) in [6, 6.07) is 17.6. The molecule has 0 aliphatic carbocycles. The maximum absolute atomic E-state index is 12.7. The van der Waals surface area contributed by atoms with Gasteiger partial charge in [-0.3, -0.25) is 4.79 Å². The number of carbonyl (C=O) groups is 1. The second-order valence-corrected chi connectivity index (χ2v) is 8.04. The van der Waals surface area contributed by atoms with Crippen LogP contribution in [0.15, 0.2) is 59.8 Å². The van der Waals surface area contributed by atoms with Crippen molar-refractivity contribution in [2.45, 2.75) is 30.3 Å². The standard InChI is InChI=1S/C21H25N5O2S/c1-15(20(27)25(2)14-17-7-5-4-6-8-17)29-21-24-23-19(26(21)22)13-16-9-11-18(28-3)12-10-16/h4-12,15H,13-14,22H2,1-3H3/t15-/m0/s1. The highest BCUT2D eigenvalue weighted by Crippen LogP contribution is 2.23. The SMILES string of the molecule is COc1ccc(Cc2nnc(S[C@@H](C)C(=O)N(C)Cc3ccccc3)n2N)cc1. The molecule has 1 heterocycles. The van der Waals surface area contributed by atoms with Gasteiger partial charge in [-0.15, -0.1) is 10.2 Å². The number of hydrogen-bond acceptors (Lipinski definition) is 6. The molecule has 0 unspecified atom stereocenters. The molecule has 29 heavy (non-hydrogen) atoms. The Hall–Kier alpha value is -3.00. The van der Waals surface area contributed by atoms with Crippen molar-refractivity contribution in [2.24, 2.45) is 0 Å². The van der Waals surface area contributed by atoms with Crippen LogP contribution in [0.1, 0.15) is 23.9 Å². The van der Waals surface area contributed by atoms with Gasteiger partial charge in [0.05, 0.1) is 12.4 Å². The highest BCUT2D eigenvalue weighted by atomic mass is 32.2. The molecule has 0 radical (unpaired) electrons. The molecule has 0 saturated carbocycles. The van der Waals surface area contributed by atoms with E-state index in [9.17, 15) is 4.79 Å². The van der Waals surface area contributed by atoms with Crippen molar-refractivity contribution >= 4 is 17.7 Å². The number of nitrogens with two attached hydrogens (primary N) is 1. The molecule has 3 rings (SSSR count). The molecular weight excluding hydrogens is 386 g/mol. The van der Waals surface area contributed by atoms with Crippen LogP contribution in [0.25, 0.3) is 0 Å². The minimum absolute atomic E-state index is 0.0126. The first kappa shape index (κ1) is 20.7. The van der Waals surface area contributed by atoms with Gasteiger partial charge in [0.25, 0.3) is 0 Å². The Kier molecular flexibility index (Phi) is 6.77. The Morgan fingerprint density at radius 3 is 2.48 bits per heavy atom. The van der Waals surface area contributed by atoms with Crippen LogP contribution in [-0.4, -0.2) is 45.1 Å². The molecule has 8 heteroatoms. The number of methoxy groups -OCH3 is 1. The molecule has 0 saturated heterocycles. The molecule has 0 spiro atoms. The topological polar surface area (TPSA) is 86.3 Å². The minimum Gasteiger partial charge on any atom is -0.497 e. The molecule has 152 valence electrons. The van der Waals surface area contributed by atoms with Crippen LogP contribution < -0.4 is 10.6 Å². The molecule has 1 amide bonds. The lowest BCUT2D eigenvalue weighted by atomic mass is 10.1. The number of rotatable bonds is 8. The van der Waals surface area contributed by atoms with Crippen molar-refractivity contribution in [3.8, 4) is 5.75 Å². The third-order valence-electron chi connectivity index (χ3n) is 4.53. The summed E-state index contributed by atoms with van der Waals surface area (Å²) in [5.74, 6) is 7.62. The fourth-order valence-electron chi connectivity index (χ4n) is 2.89. The third-order valence-corrected chi connectivity index (χ3v) is 5.57. The molecule has 1 atom stereocenters. The number of aromatic nitrogens is 3. The number of hydrogen-bond donors (Lipinski definition) is 1. The smallest absolute Gasteiger partial charge is 0.235 e. The van der Waals surface area contributed by atoms with Crippen LogP contribution in [0.3, 0.4) is 0 Å². The molecule has 7 nitrogen and oxygen atoms in total. The maximum atomic E-state index is 12.7. The van der Waals surface area contributed by atoms with Crippen molar-refractivity contribution in [1.82, 2.24) is 19.8 Å². The van der Waals surface area contributed by atoms with Crippen LogP contribution in [0.2, 0.25) is 0 Å². The van der Waals surface area contributed by atoms with Gasteiger partial charge in [0, 0.05) is 20.0 Å². The van der Waals surface area contributed by atoms with Gasteiger partial charge in [-0.25, -0.2) is 4.68 Å². The summed E-state index contributed by atoms with van der Waals surface area (Å²) in [5.41, 5.74) is 2.14. The van der Waals surface area contributed by atoms with E-state index in [1.54, 1.807) is 19.1 Å². The zero-order chi connectivity index (χ0) is 20.8. The van der Waals surface area contributed by atoms with E-state index in [1.165, 1.54) is 16.4 Å². The summed E-state index contributed by atoms with van der Waals surface area (Å²) < 4.78 is 6.63. The number of ether oxygens (including phenoxy) is 1. The predicted octanol–water partition coefficient (Wildman–Crippen LogP) is 2.73. The van der Waals surface area contributed by atoms with Crippen LogP contribution >= 0.6 is 11.8 Å². The summed E-state index contributed by atoms with van der Waals surface area (Å²) in [4.78, 5) is 14.4. The quantitative estimate of drug-likeness (QED) is 0.453. The fraction of sp³-hybridized carbons (Fsp3) is 0.286. The fourth-order valence-corrected chi connectivity index (χ4v) is 3.79. The highest BCUT2D eigenvalue weighted by Gasteiger charge is 2.22. The van der Waals surface area contributed by atoms with Gasteiger partial charge < -0.3 is 15.5 Å². The molecule has 3 aromatic rings. The monoisotopic (exact) mass is 411 g/mol. The van der Waals surface area contributed by atoms with Crippen LogP contribution in [-0.2, 0) is 17.8 Å². The maximum Gasteiger partial charge on any atom is 0.235 e. The van der Waals surface area contributed by atoms with Crippen molar-refractivity contribution in [1.29, 1.82) is 0 Å². The summed E-state index contributed by atoms with van der Waals surface area (Å²) in [7, 11) is 3.43. The number of nitrogens with zero attached hydrogens (tertiary/aromatic N) is 4. The average molecular weight is 412 g/mol. The van der Waals surface area contributed by atoms with E-state index in [0.29, 0.717) is 23.9 Å². The van der Waals surface area contributed by atoms with E-state index >= 15 is 0 Å². The van der Waals surface area contributed by atoms with Gasteiger partial charge in [-0.1, -0.05) is 54.2 Å². The lowest BCUT2D eigenvalue weighted by Crippen LogP contribution is -2.33. The Labute approximate surface area is 174 Å². The first-order valence-electron chi connectivity index (χ1n) is 9.25. The van der Waals surface area contributed by atoms with Crippen LogP contribution in [0.5, 0.6) is 5.75 Å². The molecule has 0 bridgehead atoms. The zero-order valence-electron chi connectivity index (χ0n) is 16.8. The molecular formula is C21H25N5O2S. The van der Waals surface area contributed by atoms with Crippen molar-refractivity contribution in [2.75, 3.05) is 20.0 Å². The van der Waals surface area contributed by atoms with Gasteiger partial charge in [-0.2, -0.15) is 0 Å². The Balaban J connectivity index is 1.61. The number of amides is 1. The largest absolute Gasteiger partial charge is 0.497 e. The molecule has 0 fully saturated rings. The first-order valence-corrected chi connectivity index (χ1v) is 10.1. The summed E-state index contributed by atoms with van der Waals surface area (Å²) in [5, 5.41) is 8.54. The van der Waals surface area contributed by atoms with Crippen molar-refractivity contribution < 1.29 is 9.53 Å². The summed E-state index contributed by atoms with van der Waals surface area (Å²) >= 11 is 1.31. The van der Waals surface area contributed by atoms with E-state index in [4.69, 9.17) is 10.6 Å². The summed E-state index contributed by atoms with van der Waals surface area (Å²) in [6.07, 6.45) is 0.546. The minimum atomic E-state index is -0.330. The summed E-state index contributed by atoms with van der Waals surface area (Å²) in [6.45, 7) is 2.41. The van der Waals surface area contributed by atoms with E-state index in [2.05, 4.69) is 10.2 Å². The number of benzene rings is 2. The number of carbonyl (C=O) groups excluding carboxylic acids is 1. The molecule has 2 N–H and O–H groups in total. The predicted molar refractivity (Wildman–Crippen MR) is 114 cm³/mol. The van der Waals surface area contributed by atoms with Crippen LogP contribution in [0, 0.1) is 0 Å². The Morgan fingerprint density at radius 1 is 1.14 bits per heavy atom. The van der Waals surface area contributed by atoms with Crippen molar-refractivity contribution in [3.63, 3.8) is 0 Å². The first-order chi connectivity index (χ1) is 14.0. The van der Waals surface area contributed by atoms with Gasteiger partial charge >= 0.3 is 0 Å². The molecule has 0 aliphatic rings. The third kappa shape index (κ3) is 5.29. The van der Waals surface area contributed by atoms with Gasteiger partial charge in [0.2, 0.25) is 11.1 Å². The number of thioether (sulfide) groups is 1. The van der Waals surface area contributed by atoms with E-state index in [1.807, 2.05) is 61.5 Å². The van der Waals surface area contributed by atoms with Crippen LogP contribution in [0.4, 0.5) is 0 Å². The molecule has 0 aliphatic heterocycles. The molecule has 2 aromatic carbocycles. The lowest BCUT2D eigenvalue weighted by Gasteiger charge is -2.21. The second-order valence-electron chi connectivity index (χ2n) is 6.73. The Morgan fingerprint density at radius 2 is 1.83 bits per heavy atom. The van der Waals surface area contributed by atoms with Gasteiger partial charge in [-0.05, 0) is 30.2 Å². The molecule has 1 aromatic heterocycles. The van der Waals surface area contributed by atoms with Crippen molar-refractivity contribution in [3.05, 3.63) is 71.5 Å². The second kappa shape index (κ2) is 9.47. The number of nitrogen functional groups attached to an aromatic ring is 1. The average Bonchev–Trinajstić information content (AvgIpc) is 3.08. The van der Waals surface area contributed by atoms with Gasteiger partial charge in [0.1, 0.15) is 5.75 Å². The Bertz CT molecular complexity index is 943. The normalized spacial score (nSPS) is 11.8. The van der Waals surface area contributed by atoms with E-state index < -0.39 is 0 Å². The highest BCUT2D eigenvalue weighted by molar-refractivity contribution is 8.00. The van der Waals surface area contributed by atoms with Gasteiger partial charge in [0.15, 0.2) is 5.82 Å². The van der Waals surface area contributed by atoms with E-state index in [-0.39, 0.29) is 11.2 Å². The zero-order valence-corrected chi connectivity index (χ0v) is 17.6.